The second-order valence-corrected chi connectivity index (χ2v) is 17.3. The molecule has 0 aliphatic carbocycles. The molecule has 64 heavy (non-hydrogen) atoms. The number of carbonyl (C=O) groups excluding carboxylic acids is 6. The van der Waals surface area contributed by atoms with Crippen molar-refractivity contribution in [2.45, 2.75) is 89.4 Å². The molecule has 0 radical (unpaired) electrons. The summed E-state index contributed by atoms with van der Waals surface area (Å²) in [4.78, 5) is 96.3. The number of ether oxygens (including phenoxy) is 4. The van der Waals surface area contributed by atoms with E-state index in [1.54, 1.807) is 36.8 Å². The maximum absolute atomic E-state index is 13.4. The molecule has 1 atom stereocenters. The first kappa shape index (κ1) is 44.5. The lowest BCUT2D eigenvalue weighted by atomic mass is 9.88. The topological polar surface area (TPSA) is 186 Å². The smallest absolute Gasteiger partial charge is 0.262 e. The maximum Gasteiger partial charge on any atom is 0.262 e. The number of benzene rings is 2. The van der Waals surface area contributed by atoms with Crippen molar-refractivity contribution in [3.8, 4) is 28.4 Å². The number of piperidine rings is 2. The van der Waals surface area contributed by atoms with Gasteiger partial charge in [0.05, 0.1) is 56.3 Å². The Morgan fingerprint density at radius 2 is 1.58 bits per heavy atom. The predicted octanol–water partition coefficient (Wildman–Crippen LogP) is 3.21. The van der Waals surface area contributed by atoms with Gasteiger partial charge in [-0.1, -0.05) is 6.92 Å². The van der Waals surface area contributed by atoms with Crippen molar-refractivity contribution >= 4 is 35.4 Å². The highest BCUT2D eigenvalue weighted by molar-refractivity contribution is 6.23. The quantitative estimate of drug-likeness (QED) is 0.196. The highest BCUT2D eigenvalue weighted by Crippen LogP contribution is 2.40. The number of nitrogens with one attached hydrogen (secondary N) is 1. The Morgan fingerprint density at radius 3 is 2.28 bits per heavy atom. The second-order valence-electron chi connectivity index (χ2n) is 17.3. The molecular formula is C47H56N6O11. The number of fused-ring (bicyclic) bond motifs is 2. The zero-order chi connectivity index (χ0) is 45.3. The summed E-state index contributed by atoms with van der Waals surface area (Å²) in [6.07, 6.45) is 6.05. The van der Waals surface area contributed by atoms with E-state index in [0.717, 1.165) is 53.1 Å². The average molecular weight is 881 g/mol. The molecule has 1 spiro atoms. The Kier molecular flexibility index (Phi) is 12.9. The highest BCUT2D eigenvalue weighted by Gasteiger charge is 2.45. The number of hydrogen-bond acceptors (Lipinski definition) is 12. The van der Waals surface area contributed by atoms with E-state index >= 15 is 0 Å². The van der Waals surface area contributed by atoms with Crippen molar-refractivity contribution in [3.63, 3.8) is 0 Å². The molecule has 3 aromatic rings. The molecule has 17 nitrogen and oxygen atoms in total. The first-order chi connectivity index (χ1) is 30.8. The van der Waals surface area contributed by atoms with Crippen LogP contribution >= 0.6 is 0 Å². The molecule has 2 aromatic carbocycles. The molecule has 17 heteroatoms. The largest absolute Gasteiger partial charge is 0.496 e. The number of pyridine rings is 1. The summed E-state index contributed by atoms with van der Waals surface area (Å²) < 4.78 is 25.8. The Hall–Kier alpha value is -6.07. The number of likely N-dealkylation sites (tertiary alicyclic amines) is 1. The third-order valence-electron chi connectivity index (χ3n) is 13.4. The van der Waals surface area contributed by atoms with Crippen LogP contribution in [0.4, 0.5) is 0 Å². The number of unbranched alkanes of at least 4 members (excludes halogenated alkanes) is 1. The van der Waals surface area contributed by atoms with Crippen molar-refractivity contribution in [3.05, 3.63) is 74.7 Å². The van der Waals surface area contributed by atoms with Gasteiger partial charge in [0, 0.05) is 82.9 Å². The third kappa shape index (κ3) is 8.74. The maximum atomic E-state index is 13.4. The Morgan fingerprint density at radius 1 is 0.844 bits per heavy atom. The molecule has 6 amide bonds. The Bertz CT molecular complexity index is 2410. The van der Waals surface area contributed by atoms with Gasteiger partial charge in [-0.05, 0) is 80.0 Å². The molecule has 1 N–H and O–H groups in total. The van der Waals surface area contributed by atoms with Crippen molar-refractivity contribution in [1.29, 1.82) is 0 Å². The zero-order valence-corrected chi connectivity index (χ0v) is 37.0. The van der Waals surface area contributed by atoms with Gasteiger partial charge in [-0.2, -0.15) is 0 Å². The summed E-state index contributed by atoms with van der Waals surface area (Å²) >= 11 is 0. The molecule has 0 saturated carbocycles. The Balaban J connectivity index is 0.828. The summed E-state index contributed by atoms with van der Waals surface area (Å²) in [5.41, 5.74) is 4.13. The van der Waals surface area contributed by atoms with Crippen LogP contribution in [0.3, 0.4) is 0 Å². The molecule has 3 fully saturated rings. The van der Waals surface area contributed by atoms with Gasteiger partial charge in [-0.3, -0.25) is 48.7 Å². The van der Waals surface area contributed by atoms with E-state index in [1.807, 2.05) is 30.2 Å². The van der Waals surface area contributed by atoms with Gasteiger partial charge in [-0.15, -0.1) is 0 Å². The van der Waals surface area contributed by atoms with Gasteiger partial charge in [-0.25, -0.2) is 0 Å². The number of hydrogen-bond donors (Lipinski definition) is 1. The van der Waals surface area contributed by atoms with E-state index in [9.17, 15) is 33.6 Å². The second kappa shape index (κ2) is 18.6. The summed E-state index contributed by atoms with van der Waals surface area (Å²) in [6.45, 7) is 6.64. The average Bonchev–Trinajstić information content (AvgIpc) is 3.55. The van der Waals surface area contributed by atoms with Crippen LogP contribution in [0, 0.1) is 0 Å². The third-order valence-corrected chi connectivity index (χ3v) is 13.4. The van der Waals surface area contributed by atoms with E-state index in [4.69, 9.17) is 18.9 Å². The molecule has 8 rings (SSSR count). The lowest BCUT2D eigenvalue weighted by Crippen LogP contribution is -2.57. The molecule has 1 aromatic heterocycles. The molecule has 5 aliphatic heterocycles. The van der Waals surface area contributed by atoms with Crippen molar-refractivity contribution in [2.24, 2.45) is 7.05 Å². The van der Waals surface area contributed by atoms with E-state index in [-0.39, 0.29) is 41.3 Å². The number of methoxy groups -OCH3 is 2. The van der Waals surface area contributed by atoms with Crippen LogP contribution in [-0.2, 0) is 50.5 Å². The number of nitrogens with zero attached hydrogens (tertiary/aromatic N) is 5. The van der Waals surface area contributed by atoms with Gasteiger partial charge in [0.2, 0.25) is 23.6 Å². The molecule has 0 bridgehead atoms. The molecular weight excluding hydrogens is 825 g/mol. The number of rotatable bonds is 13. The number of morpholine rings is 1. The van der Waals surface area contributed by atoms with Crippen LogP contribution in [-0.4, -0.2) is 131 Å². The van der Waals surface area contributed by atoms with Gasteiger partial charge >= 0.3 is 0 Å². The van der Waals surface area contributed by atoms with Gasteiger partial charge in [0.15, 0.2) is 0 Å². The molecule has 1 unspecified atom stereocenters. The van der Waals surface area contributed by atoms with Crippen LogP contribution in [0.5, 0.6) is 17.2 Å². The summed E-state index contributed by atoms with van der Waals surface area (Å²) in [6, 6.07) is 7.61. The molecule has 6 heterocycles. The van der Waals surface area contributed by atoms with Crippen LogP contribution in [0.2, 0.25) is 0 Å². The van der Waals surface area contributed by atoms with E-state index < -0.39 is 35.3 Å². The number of amides is 6. The van der Waals surface area contributed by atoms with Crippen molar-refractivity contribution < 1.29 is 47.7 Å². The van der Waals surface area contributed by atoms with E-state index in [1.165, 1.54) is 12.1 Å². The lowest BCUT2D eigenvalue weighted by molar-refractivity contribution is -0.159. The van der Waals surface area contributed by atoms with Crippen LogP contribution < -0.4 is 25.1 Å². The number of aromatic nitrogens is 1. The summed E-state index contributed by atoms with van der Waals surface area (Å²) in [5, 5.41) is 2.20. The first-order valence-corrected chi connectivity index (χ1v) is 22.2. The number of carbonyl (C=O) groups is 6. The fourth-order valence-corrected chi connectivity index (χ4v) is 9.75. The monoisotopic (exact) mass is 880 g/mol. The standard InChI is InChI=1S/C47H56N6O11/c1-5-41(55)51-16-13-31-34(25-49(2)44(58)35(31)27-51)29-22-38(61-3)36(39(23-29)62-4)26-50-17-14-47(15-18-50)28-52(19-21-64-47)42(56)8-6-7-20-63-30-9-10-32-33(24-30)46(60)53(45(32)59)37-11-12-40(54)48-43(37)57/h9-10,22-25,37H,5-8,11-21,26-28H2,1-4H3,(H,48,54,57). The van der Waals surface area contributed by atoms with Crippen LogP contribution in [0.15, 0.2) is 41.3 Å². The fourth-order valence-electron chi connectivity index (χ4n) is 9.75. The fraction of sp³-hybridized carbons (Fsp3) is 0.511. The van der Waals surface area contributed by atoms with Crippen molar-refractivity contribution in [2.75, 3.05) is 60.2 Å². The Labute approximate surface area is 371 Å². The molecule has 3 saturated heterocycles. The molecule has 340 valence electrons. The van der Waals surface area contributed by atoms with Gasteiger partial charge in [0.1, 0.15) is 23.3 Å². The van der Waals surface area contributed by atoms with Gasteiger partial charge < -0.3 is 33.3 Å². The van der Waals surface area contributed by atoms with Crippen LogP contribution in [0.25, 0.3) is 11.1 Å². The van der Waals surface area contributed by atoms with Gasteiger partial charge in [0.25, 0.3) is 17.4 Å². The first-order valence-electron chi connectivity index (χ1n) is 22.2. The van der Waals surface area contributed by atoms with Crippen molar-refractivity contribution in [1.82, 2.24) is 29.5 Å². The highest BCUT2D eigenvalue weighted by atomic mass is 16.5. The SMILES string of the molecule is CCC(=O)N1CCc2c(-c3cc(OC)c(CN4CCC5(CC4)CN(C(=O)CCCCOc4ccc6c(c4)C(=O)N(C4CCC(=O)NC4=O)C6=O)CCO5)c(OC)c3)cn(C)c(=O)c2C1. The normalized spacial score (nSPS) is 19.7. The van der Waals surface area contributed by atoms with E-state index in [2.05, 4.69) is 10.2 Å². The number of aryl methyl sites for hydroxylation is 1. The minimum absolute atomic E-state index is 0.0342. The predicted molar refractivity (Wildman–Crippen MR) is 232 cm³/mol. The minimum Gasteiger partial charge on any atom is -0.496 e. The van der Waals surface area contributed by atoms with E-state index in [0.29, 0.717) is 101 Å². The molecule has 5 aliphatic rings. The minimum atomic E-state index is -1.03. The summed E-state index contributed by atoms with van der Waals surface area (Å²) in [7, 11) is 5.03. The zero-order valence-electron chi connectivity index (χ0n) is 37.0. The number of imide groups is 2. The van der Waals surface area contributed by atoms with Crippen LogP contribution in [0.1, 0.15) is 95.7 Å². The lowest BCUT2D eigenvalue weighted by Gasteiger charge is -2.47. The summed E-state index contributed by atoms with van der Waals surface area (Å²) in [5.74, 6) is -0.372.